The van der Waals surface area contributed by atoms with Crippen LogP contribution in [0.5, 0.6) is 5.75 Å². The van der Waals surface area contributed by atoms with Gasteiger partial charge >= 0.3 is 0 Å². The van der Waals surface area contributed by atoms with Gasteiger partial charge in [0.25, 0.3) is 0 Å². The van der Waals surface area contributed by atoms with Crippen LogP contribution >= 0.6 is 11.8 Å². The number of hydrogen-bond acceptors (Lipinski definition) is 4. The van der Waals surface area contributed by atoms with Gasteiger partial charge in [-0.15, -0.1) is 11.8 Å². The van der Waals surface area contributed by atoms with E-state index >= 15 is 0 Å². The predicted molar refractivity (Wildman–Crippen MR) is 115 cm³/mol. The van der Waals surface area contributed by atoms with Crippen molar-refractivity contribution in [2.24, 2.45) is 0 Å². The van der Waals surface area contributed by atoms with Crippen molar-refractivity contribution < 1.29 is 14.3 Å². The number of amides is 2. The van der Waals surface area contributed by atoms with Gasteiger partial charge in [0.05, 0.1) is 6.54 Å². The molecule has 0 aliphatic carbocycles. The molecule has 2 amide bonds. The van der Waals surface area contributed by atoms with Gasteiger partial charge in [-0.25, -0.2) is 0 Å². The van der Waals surface area contributed by atoms with Crippen molar-refractivity contribution in [1.82, 2.24) is 10.2 Å². The van der Waals surface area contributed by atoms with Crippen molar-refractivity contribution in [1.29, 1.82) is 0 Å². The van der Waals surface area contributed by atoms with Crippen molar-refractivity contribution in [3.8, 4) is 16.9 Å². The first-order valence-electron chi connectivity index (χ1n) is 10.0. The van der Waals surface area contributed by atoms with E-state index in [9.17, 15) is 9.59 Å². The van der Waals surface area contributed by atoms with Crippen molar-refractivity contribution in [3.63, 3.8) is 0 Å². The molecular formula is C23H26N2O3S. The minimum Gasteiger partial charge on any atom is -0.488 e. The lowest BCUT2D eigenvalue weighted by Gasteiger charge is -2.23. The minimum absolute atomic E-state index is 0.0368. The topological polar surface area (TPSA) is 58.6 Å². The summed E-state index contributed by atoms with van der Waals surface area (Å²) < 4.78 is 6.02. The van der Waals surface area contributed by atoms with E-state index in [0.29, 0.717) is 13.1 Å². The van der Waals surface area contributed by atoms with Crippen molar-refractivity contribution in [2.45, 2.75) is 43.2 Å². The number of ether oxygens (including phenoxy) is 1. The average molecular weight is 411 g/mol. The summed E-state index contributed by atoms with van der Waals surface area (Å²) in [6.45, 7) is 2.64. The first-order valence-corrected chi connectivity index (χ1v) is 11.3. The summed E-state index contributed by atoms with van der Waals surface area (Å²) in [5.74, 6) is 0.775. The van der Waals surface area contributed by atoms with Crippen LogP contribution in [0.4, 0.5) is 0 Å². The number of carbonyl (C=O) groups excluding carboxylic acids is 2. The number of benzene rings is 2. The van der Waals surface area contributed by atoms with Crippen LogP contribution in [-0.4, -0.2) is 48.2 Å². The summed E-state index contributed by atoms with van der Waals surface area (Å²) in [5, 5.41) is 2.99. The molecule has 0 bridgehead atoms. The summed E-state index contributed by atoms with van der Waals surface area (Å²) in [6, 6.07) is 14.5. The second-order valence-electron chi connectivity index (χ2n) is 7.61. The Hall–Kier alpha value is -2.47. The lowest BCUT2D eigenvalue weighted by molar-refractivity contribution is -0.137. The Morgan fingerprint density at radius 3 is 2.66 bits per heavy atom. The molecule has 29 heavy (non-hydrogen) atoms. The Balaban J connectivity index is 1.36. The molecule has 2 atom stereocenters. The third kappa shape index (κ3) is 4.27. The van der Waals surface area contributed by atoms with Crippen molar-refractivity contribution >= 4 is 23.6 Å². The van der Waals surface area contributed by atoms with Crippen LogP contribution in [0.1, 0.15) is 25.3 Å². The highest BCUT2D eigenvalue weighted by Gasteiger charge is 2.33. The first-order chi connectivity index (χ1) is 14.0. The Morgan fingerprint density at radius 2 is 1.93 bits per heavy atom. The number of carbonyl (C=O) groups is 2. The maximum atomic E-state index is 12.5. The number of fused-ring (bicyclic) bond motifs is 1. The van der Waals surface area contributed by atoms with Gasteiger partial charge < -0.3 is 15.0 Å². The highest BCUT2D eigenvalue weighted by molar-refractivity contribution is 7.98. The molecule has 0 unspecified atom stereocenters. The number of hydrogen-bond donors (Lipinski definition) is 1. The summed E-state index contributed by atoms with van der Waals surface area (Å²) in [6.07, 6.45) is 4.38. The van der Waals surface area contributed by atoms with E-state index in [0.717, 1.165) is 25.0 Å². The van der Waals surface area contributed by atoms with E-state index < -0.39 is 0 Å². The second-order valence-corrected chi connectivity index (χ2v) is 8.49. The molecule has 2 aliphatic heterocycles. The summed E-state index contributed by atoms with van der Waals surface area (Å²) in [7, 11) is 0. The third-order valence-corrected chi connectivity index (χ3v) is 6.43. The quantitative estimate of drug-likeness (QED) is 0.767. The molecule has 1 saturated heterocycles. The van der Waals surface area contributed by atoms with Crippen LogP contribution in [-0.2, 0) is 16.0 Å². The van der Waals surface area contributed by atoms with Crippen LogP contribution in [0.3, 0.4) is 0 Å². The zero-order valence-electron chi connectivity index (χ0n) is 16.8. The van der Waals surface area contributed by atoms with Crippen LogP contribution in [0, 0.1) is 0 Å². The molecule has 0 spiro atoms. The molecule has 0 saturated carbocycles. The monoisotopic (exact) mass is 410 g/mol. The average Bonchev–Trinajstić information content (AvgIpc) is 3.38. The van der Waals surface area contributed by atoms with Gasteiger partial charge in [0.2, 0.25) is 11.8 Å². The van der Waals surface area contributed by atoms with Gasteiger partial charge in [-0.2, -0.15) is 0 Å². The van der Waals surface area contributed by atoms with Gasteiger partial charge in [-0.05, 0) is 60.1 Å². The van der Waals surface area contributed by atoms with Crippen molar-refractivity contribution in [2.75, 3.05) is 19.3 Å². The largest absolute Gasteiger partial charge is 0.488 e. The molecule has 2 aliphatic rings. The van der Waals surface area contributed by atoms with Gasteiger partial charge in [0.1, 0.15) is 17.9 Å². The zero-order valence-corrected chi connectivity index (χ0v) is 17.6. The summed E-state index contributed by atoms with van der Waals surface area (Å²) in [4.78, 5) is 27.1. The number of likely N-dealkylation sites (tertiary alicyclic amines) is 1. The maximum absolute atomic E-state index is 12.5. The van der Waals surface area contributed by atoms with E-state index in [2.05, 4.69) is 48.0 Å². The molecule has 1 fully saturated rings. The normalized spacial score (nSPS) is 20.3. The fraction of sp³-hybridized carbons (Fsp3) is 0.391. The predicted octanol–water partition coefficient (Wildman–Crippen LogP) is 3.51. The van der Waals surface area contributed by atoms with E-state index in [1.54, 1.807) is 16.7 Å². The SMILES string of the molecule is CSc1ccc(-c2ccc3c(c2)C[C@H](CNC(=O)[C@@H]2CCCN2C(C)=O)O3)cc1. The molecule has 1 N–H and O–H groups in total. The molecule has 2 aromatic carbocycles. The zero-order chi connectivity index (χ0) is 20.4. The van der Waals surface area contributed by atoms with E-state index in [4.69, 9.17) is 4.74 Å². The molecule has 6 heteroatoms. The molecule has 2 aromatic rings. The van der Waals surface area contributed by atoms with E-state index in [-0.39, 0.29) is 24.0 Å². The Labute approximate surface area is 175 Å². The molecule has 0 aromatic heterocycles. The third-order valence-electron chi connectivity index (χ3n) is 5.69. The van der Waals surface area contributed by atoms with Crippen LogP contribution in [0.15, 0.2) is 47.4 Å². The Kier molecular flexibility index (Phi) is 5.81. The highest BCUT2D eigenvalue weighted by Crippen LogP contribution is 2.33. The molecule has 152 valence electrons. The summed E-state index contributed by atoms with van der Waals surface area (Å²) >= 11 is 1.74. The van der Waals surface area contributed by atoms with Crippen LogP contribution in [0.2, 0.25) is 0 Å². The van der Waals surface area contributed by atoms with Gasteiger partial charge in [-0.3, -0.25) is 9.59 Å². The van der Waals surface area contributed by atoms with Crippen LogP contribution < -0.4 is 10.1 Å². The number of rotatable bonds is 5. The Bertz CT molecular complexity index is 913. The number of nitrogens with zero attached hydrogens (tertiary/aromatic N) is 1. The van der Waals surface area contributed by atoms with Gasteiger partial charge in [0, 0.05) is 24.8 Å². The lowest BCUT2D eigenvalue weighted by Crippen LogP contribution is -2.47. The lowest BCUT2D eigenvalue weighted by atomic mass is 10.0. The fourth-order valence-corrected chi connectivity index (χ4v) is 4.55. The van der Waals surface area contributed by atoms with Gasteiger partial charge in [0.15, 0.2) is 0 Å². The molecule has 0 radical (unpaired) electrons. The first kappa shape index (κ1) is 19.8. The maximum Gasteiger partial charge on any atom is 0.242 e. The second kappa shape index (κ2) is 8.49. The summed E-state index contributed by atoms with van der Waals surface area (Å²) in [5.41, 5.74) is 3.53. The highest BCUT2D eigenvalue weighted by atomic mass is 32.2. The van der Waals surface area contributed by atoms with Gasteiger partial charge in [-0.1, -0.05) is 18.2 Å². The van der Waals surface area contributed by atoms with E-state index in [1.165, 1.54) is 28.5 Å². The van der Waals surface area contributed by atoms with Crippen LogP contribution in [0.25, 0.3) is 11.1 Å². The molecule has 2 heterocycles. The number of thioether (sulfide) groups is 1. The van der Waals surface area contributed by atoms with E-state index in [1.807, 2.05) is 6.07 Å². The molecule has 4 rings (SSSR count). The molecule has 5 nitrogen and oxygen atoms in total. The smallest absolute Gasteiger partial charge is 0.242 e. The number of nitrogens with one attached hydrogen (secondary N) is 1. The molecular weight excluding hydrogens is 384 g/mol. The fourth-order valence-electron chi connectivity index (χ4n) is 4.15. The Morgan fingerprint density at radius 1 is 1.17 bits per heavy atom. The minimum atomic E-state index is -0.341. The standard InChI is InChI=1S/C23H26N2O3S/c1-15(26)25-11-3-4-21(25)23(27)24-14-19-13-18-12-17(7-10-22(18)28-19)16-5-8-20(29-2)9-6-16/h5-10,12,19,21H,3-4,11,13-14H2,1-2H3,(H,24,27)/t19-,21+/m1/s1. The van der Waals surface area contributed by atoms with Crippen molar-refractivity contribution in [3.05, 3.63) is 48.0 Å².